The Morgan fingerprint density at radius 3 is 1.10 bits per heavy atom. The van der Waals surface area contributed by atoms with Gasteiger partial charge in [-0.25, -0.2) is 0 Å². The normalized spacial score (nSPS) is 14.8. The van der Waals surface area contributed by atoms with Gasteiger partial charge in [0.2, 0.25) is 0 Å². The summed E-state index contributed by atoms with van der Waals surface area (Å²) in [4.78, 5) is 51.7. The number of rotatable bonds is 27. The number of carboxylic acids is 3. The Labute approximate surface area is 242 Å². The van der Waals surface area contributed by atoms with Crippen LogP contribution in [0.5, 0.6) is 0 Å². The quantitative estimate of drug-likeness (QED) is 0.116. The maximum atomic E-state index is 13.1. The van der Waals surface area contributed by atoms with E-state index in [2.05, 4.69) is 13.8 Å². The summed E-state index contributed by atoms with van der Waals surface area (Å²) >= 11 is 0. The predicted molar refractivity (Wildman–Crippen MR) is 149 cm³/mol. The highest BCUT2D eigenvalue weighted by Crippen LogP contribution is 2.53. The number of carbonyl (C=O) groups excluding carboxylic acids is 4. The van der Waals surface area contributed by atoms with Crippen LogP contribution in [-0.2, 0) is 19.2 Å². The Bertz CT molecular complexity index is 732. The van der Waals surface area contributed by atoms with Gasteiger partial charge in [-0.2, -0.15) is 0 Å². The van der Waals surface area contributed by atoms with Crippen LogP contribution in [0.4, 0.5) is 0 Å². The van der Waals surface area contributed by atoms with Crippen molar-refractivity contribution in [3.63, 3.8) is 0 Å². The summed E-state index contributed by atoms with van der Waals surface area (Å²) in [6, 6.07) is 0. The van der Waals surface area contributed by atoms with Crippen molar-refractivity contribution in [3.8, 4) is 0 Å². The molecule has 0 aromatic carbocycles. The van der Waals surface area contributed by atoms with Crippen molar-refractivity contribution in [1.29, 1.82) is 0 Å². The maximum absolute atomic E-state index is 13.1. The Kier molecular flexibility index (Phi) is 19.0. The average Bonchev–Trinajstić information content (AvgIpc) is 2.89. The lowest BCUT2D eigenvalue weighted by molar-refractivity contribution is -0.371. The Morgan fingerprint density at radius 1 is 0.500 bits per heavy atom. The number of aliphatic hydroxyl groups is 1. The zero-order chi connectivity index (χ0) is 30.7. The predicted octanol–water partition coefficient (Wildman–Crippen LogP) is 3.78. The zero-order valence-electron chi connectivity index (χ0n) is 25.7. The van der Waals surface area contributed by atoms with Crippen molar-refractivity contribution in [2.75, 3.05) is 0 Å². The van der Waals surface area contributed by atoms with Crippen molar-refractivity contribution >= 4 is 23.7 Å². The summed E-state index contributed by atoms with van der Waals surface area (Å²) in [5.41, 5.74) is -9.06. The van der Waals surface area contributed by atoms with Crippen LogP contribution in [0.2, 0.25) is 0 Å². The number of carboxylic acid groups (broad SMARTS) is 3. The first-order chi connectivity index (χ1) is 19.0. The van der Waals surface area contributed by atoms with E-state index in [-0.39, 0.29) is 32.1 Å². The molecule has 1 N–H and O–H groups in total. The molecule has 234 valence electrons. The van der Waals surface area contributed by atoms with Crippen LogP contribution in [0.1, 0.15) is 163 Å². The SMILES string of the molecule is CCCCCCCCC(CCCCCCCC)(C(=O)[O-])C(O)(C(=O)[O-])C(CCCCCCCC)(C(C)=O)C(=O)[O-]. The molecule has 2 atom stereocenters. The molecule has 40 heavy (non-hydrogen) atoms. The van der Waals surface area contributed by atoms with Gasteiger partial charge in [0.25, 0.3) is 0 Å². The van der Waals surface area contributed by atoms with Crippen molar-refractivity contribution in [2.24, 2.45) is 10.8 Å². The van der Waals surface area contributed by atoms with E-state index >= 15 is 0 Å². The summed E-state index contributed by atoms with van der Waals surface area (Å²) in [5, 5.41) is 50.6. The molecule has 0 heterocycles. The lowest BCUT2D eigenvalue weighted by Crippen LogP contribution is -2.77. The minimum atomic E-state index is -3.54. The van der Waals surface area contributed by atoms with Crippen LogP contribution in [-0.4, -0.2) is 34.4 Å². The van der Waals surface area contributed by atoms with Gasteiger partial charge >= 0.3 is 0 Å². The van der Waals surface area contributed by atoms with Crippen molar-refractivity contribution in [2.45, 2.75) is 168 Å². The summed E-state index contributed by atoms with van der Waals surface area (Å²) in [6.45, 7) is 7.06. The molecule has 0 aliphatic heterocycles. The minimum absolute atomic E-state index is 0.115. The summed E-state index contributed by atoms with van der Waals surface area (Å²) in [5.74, 6) is -7.38. The molecule has 0 amide bonds. The van der Waals surface area contributed by atoms with E-state index in [1.165, 1.54) is 0 Å². The second-order valence-corrected chi connectivity index (χ2v) is 11.7. The second-order valence-electron chi connectivity index (χ2n) is 11.7. The van der Waals surface area contributed by atoms with Crippen molar-refractivity contribution < 1.29 is 39.6 Å². The molecule has 0 saturated carbocycles. The first kappa shape index (κ1) is 38.0. The third-order valence-corrected chi connectivity index (χ3v) is 8.77. The third kappa shape index (κ3) is 9.85. The van der Waals surface area contributed by atoms with E-state index in [9.17, 15) is 39.6 Å². The largest absolute Gasteiger partial charge is 0.549 e. The highest BCUT2D eigenvalue weighted by atomic mass is 16.4. The van der Waals surface area contributed by atoms with E-state index in [4.69, 9.17) is 0 Å². The molecule has 0 rings (SSSR count). The zero-order valence-corrected chi connectivity index (χ0v) is 25.7. The van der Waals surface area contributed by atoms with Crippen LogP contribution >= 0.6 is 0 Å². The lowest BCUT2D eigenvalue weighted by Gasteiger charge is -2.58. The average molecular weight is 568 g/mol. The van der Waals surface area contributed by atoms with Gasteiger partial charge in [-0.3, -0.25) is 4.79 Å². The molecule has 0 radical (unpaired) electrons. The molecule has 0 spiro atoms. The molecule has 0 saturated heterocycles. The van der Waals surface area contributed by atoms with Gasteiger partial charge in [0.1, 0.15) is 16.8 Å². The third-order valence-electron chi connectivity index (χ3n) is 8.77. The molecule has 0 bridgehead atoms. The Balaban J connectivity index is 6.60. The van der Waals surface area contributed by atoms with E-state index in [1.807, 2.05) is 6.92 Å². The highest BCUT2D eigenvalue weighted by Gasteiger charge is 2.66. The Hall–Kier alpha value is -1.96. The van der Waals surface area contributed by atoms with Crippen LogP contribution in [0, 0.1) is 10.8 Å². The summed E-state index contributed by atoms with van der Waals surface area (Å²) in [7, 11) is 0. The van der Waals surface area contributed by atoms with Crippen LogP contribution < -0.4 is 15.3 Å². The highest BCUT2D eigenvalue weighted by molar-refractivity contribution is 6.09. The molecule has 2 unspecified atom stereocenters. The number of hydrogen-bond acceptors (Lipinski definition) is 8. The van der Waals surface area contributed by atoms with Gasteiger partial charge in [-0.15, -0.1) is 0 Å². The first-order valence-corrected chi connectivity index (χ1v) is 15.8. The monoisotopic (exact) mass is 567 g/mol. The van der Waals surface area contributed by atoms with E-state index in [0.717, 1.165) is 84.0 Å². The fourth-order valence-electron chi connectivity index (χ4n) is 6.21. The number of ketones is 1. The van der Waals surface area contributed by atoms with Gasteiger partial charge in [0, 0.05) is 5.41 Å². The number of Topliss-reactive ketones (excluding diaryl/α,β-unsaturated/α-hetero) is 1. The van der Waals surface area contributed by atoms with Gasteiger partial charge in [0.05, 0.1) is 17.9 Å². The van der Waals surface area contributed by atoms with Gasteiger partial charge < -0.3 is 34.8 Å². The van der Waals surface area contributed by atoms with Gasteiger partial charge in [0.15, 0.2) is 0 Å². The standard InChI is InChI=1S/C32H58O8/c1-5-8-11-14-17-20-23-30(27(34)35,24-21-18-15-12-9-6-2)32(40,29(38)39)31(26(4)33,28(36)37)25-22-19-16-13-10-7-3/h40H,5-25H2,1-4H3,(H,34,35)(H,36,37)(H,38,39)/p-3. The molecule has 8 nitrogen and oxygen atoms in total. The lowest BCUT2D eigenvalue weighted by atomic mass is 9.52. The molecular weight excluding hydrogens is 512 g/mol. The molecule has 0 aliphatic carbocycles. The smallest absolute Gasteiger partial charge is 0.144 e. The fraction of sp³-hybridized carbons (Fsp3) is 0.875. The topological polar surface area (TPSA) is 158 Å². The minimum Gasteiger partial charge on any atom is -0.549 e. The second kappa shape index (κ2) is 20.0. The van der Waals surface area contributed by atoms with Crippen LogP contribution in [0.25, 0.3) is 0 Å². The van der Waals surface area contributed by atoms with Crippen LogP contribution in [0.15, 0.2) is 0 Å². The van der Waals surface area contributed by atoms with Crippen molar-refractivity contribution in [3.05, 3.63) is 0 Å². The van der Waals surface area contributed by atoms with Crippen LogP contribution in [0.3, 0.4) is 0 Å². The van der Waals surface area contributed by atoms with Crippen molar-refractivity contribution in [1.82, 2.24) is 0 Å². The van der Waals surface area contributed by atoms with Gasteiger partial charge in [-0.05, 0) is 26.2 Å². The van der Waals surface area contributed by atoms with Gasteiger partial charge in [-0.1, -0.05) is 136 Å². The van der Waals surface area contributed by atoms with E-state index in [0.29, 0.717) is 19.3 Å². The Morgan fingerprint density at radius 2 is 0.825 bits per heavy atom. The molecule has 8 heteroatoms. The summed E-state index contributed by atoms with van der Waals surface area (Å²) in [6.07, 6.45) is 12.1. The maximum Gasteiger partial charge on any atom is 0.144 e. The molecule has 0 aliphatic rings. The first-order valence-electron chi connectivity index (χ1n) is 15.8. The number of unbranched alkanes of at least 4 members (excludes halogenated alkanes) is 15. The molecule has 0 aromatic heterocycles. The summed E-state index contributed by atoms with van der Waals surface area (Å²) < 4.78 is 0. The molecular formula is C32H55O8-3. The van der Waals surface area contributed by atoms with E-state index < -0.39 is 46.5 Å². The number of carbonyl (C=O) groups is 4. The number of aliphatic carboxylic acids is 3. The fourth-order valence-corrected chi connectivity index (χ4v) is 6.21. The number of hydrogen-bond donors (Lipinski definition) is 1. The molecule has 0 aromatic rings. The van der Waals surface area contributed by atoms with E-state index in [1.54, 1.807) is 0 Å². The molecule has 0 fully saturated rings.